The van der Waals surface area contributed by atoms with Gasteiger partial charge in [-0.05, 0) is 53.8 Å². The molecule has 2 atom stereocenters. The van der Waals surface area contributed by atoms with Crippen molar-refractivity contribution in [3.63, 3.8) is 0 Å². The van der Waals surface area contributed by atoms with Crippen molar-refractivity contribution in [2.24, 2.45) is 0 Å². The summed E-state index contributed by atoms with van der Waals surface area (Å²) in [5.41, 5.74) is -2.25. The van der Waals surface area contributed by atoms with Crippen molar-refractivity contribution in [3.05, 3.63) is 106 Å². The number of fused-ring (bicyclic) bond motifs is 1. The average Bonchev–Trinajstić information content (AvgIpc) is 3.73. The van der Waals surface area contributed by atoms with Crippen molar-refractivity contribution in [2.75, 3.05) is 0 Å². The molecule has 4 aromatic rings. The van der Waals surface area contributed by atoms with E-state index in [2.05, 4.69) is 4.98 Å². The smallest absolute Gasteiger partial charge is 0.422 e. The second-order valence-electron chi connectivity index (χ2n) is 9.96. The Morgan fingerprint density at radius 1 is 1.08 bits per heavy atom. The highest BCUT2D eigenvalue weighted by Gasteiger charge is 2.59. The summed E-state index contributed by atoms with van der Waals surface area (Å²) >= 11 is 6.42. The first-order valence-electron chi connectivity index (χ1n) is 12.4. The maximum Gasteiger partial charge on any atom is 0.422 e. The lowest BCUT2D eigenvalue weighted by Crippen LogP contribution is -2.46. The van der Waals surface area contributed by atoms with Crippen molar-refractivity contribution < 1.29 is 32.9 Å². The van der Waals surface area contributed by atoms with E-state index in [9.17, 15) is 28.2 Å². The second-order valence-corrected chi connectivity index (χ2v) is 10.4. The van der Waals surface area contributed by atoms with Gasteiger partial charge in [-0.25, -0.2) is 0 Å². The van der Waals surface area contributed by atoms with Crippen LogP contribution >= 0.6 is 11.6 Å². The number of aliphatic carboxylic acids is 1. The number of para-hydroxylation sites is 1. The summed E-state index contributed by atoms with van der Waals surface area (Å²) in [6.07, 6.45) is -2.74. The van der Waals surface area contributed by atoms with Gasteiger partial charge in [0, 0.05) is 28.1 Å². The normalized spacial score (nSPS) is 16.9. The molecule has 1 heterocycles. The van der Waals surface area contributed by atoms with Crippen LogP contribution in [0, 0.1) is 0 Å². The molecule has 0 radical (unpaired) electrons. The van der Waals surface area contributed by atoms with Gasteiger partial charge in [-0.1, -0.05) is 67.1 Å². The van der Waals surface area contributed by atoms with E-state index < -0.39 is 29.1 Å². The van der Waals surface area contributed by atoms with Crippen LogP contribution in [0.25, 0.3) is 10.9 Å². The Balaban J connectivity index is 1.36. The summed E-state index contributed by atoms with van der Waals surface area (Å²) in [6, 6.07) is 19.5. The van der Waals surface area contributed by atoms with Gasteiger partial charge in [0.25, 0.3) is 0 Å². The van der Waals surface area contributed by atoms with Gasteiger partial charge in [-0.15, -0.1) is 0 Å². The molecule has 9 heteroatoms. The van der Waals surface area contributed by atoms with Crippen LogP contribution in [-0.4, -0.2) is 27.3 Å². The van der Waals surface area contributed by atoms with Gasteiger partial charge in [-0.3, -0.25) is 9.78 Å². The summed E-state index contributed by atoms with van der Waals surface area (Å²) in [6.45, 7) is 1.43. The Bertz CT molecular complexity index is 1540. The van der Waals surface area contributed by atoms with Crippen LogP contribution in [0.1, 0.15) is 47.9 Å². The zero-order chi connectivity index (χ0) is 28.0. The Morgan fingerprint density at radius 2 is 1.77 bits per heavy atom. The molecule has 2 N–H and O–H groups in total. The highest BCUT2D eigenvalue weighted by molar-refractivity contribution is 6.31. The fourth-order valence-corrected chi connectivity index (χ4v) is 5.28. The molecule has 0 aliphatic heterocycles. The lowest BCUT2D eigenvalue weighted by atomic mass is 9.78. The SMILES string of the molecule is C[C@@H](c1ccc(OCc2ccc(C3(C(=O)O)CC3)cc2)cc1Cl)[C@](O)(c1cnc2ccccc2c1)C(F)(F)F. The summed E-state index contributed by atoms with van der Waals surface area (Å²) < 4.78 is 49.0. The number of aliphatic hydroxyl groups is 1. The van der Waals surface area contributed by atoms with Crippen LogP contribution in [0.3, 0.4) is 0 Å². The number of hydrogen-bond donors (Lipinski definition) is 2. The van der Waals surface area contributed by atoms with Gasteiger partial charge in [-0.2, -0.15) is 13.2 Å². The molecule has 1 fully saturated rings. The van der Waals surface area contributed by atoms with Crippen LogP contribution in [0.2, 0.25) is 5.02 Å². The van der Waals surface area contributed by atoms with Gasteiger partial charge >= 0.3 is 12.1 Å². The predicted molar refractivity (Wildman–Crippen MR) is 141 cm³/mol. The zero-order valence-corrected chi connectivity index (χ0v) is 21.6. The van der Waals surface area contributed by atoms with Crippen LogP contribution < -0.4 is 4.74 Å². The van der Waals surface area contributed by atoms with E-state index >= 15 is 0 Å². The molecule has 0 amide bonds. The first-order valence-corrected chi connectivity index (χ1v) is 12.7. The van der Waals surface area contributed by atoms with Crippen LogP contribution in [-0.2, 0) is 22.4 Å². The molecule has 1 aromatic heterocycles. The monoisotopic (exact) mass is 555 g/mol. The van der Waals surface area contributed by atoms with Crippen LogP contribution in [0.15, 0.2) is 79.0 Å². The Labute approximate surface area is 227 Å². The molecule has 1 aliphatic carbocycles. The molecule has 0 bridgehead atoms. The van der Waals surface area contributed by atoms with E-state index in [1.54, 1.807) is 48.5 Å². The Morgan fingerprint density at radius 3 is 2.38 bits per heavy atom. The van der Waals surface area contributed by atoms with Crippen LogP contribution in [0.5, 0.6) is 5.75 Å². The number of rotatable bonds is 8. The Kier molecular flexibility index (Phi) is 6.81. The fraction of sp³-hybridized carbons (Fsp3) is 0.267. The molecular formula is C30H25ClF3NO4. The van der Waals surface area contributed by atoms with Gasteiger partial charge < -0.3 is 14.9 Å². The lowest BCUT2D eigenvalue weighted by Gasteiger charge is -2.37. The summed E-state index contributed by atoms with van der Waals surface area (Å²) in [7, 11) is 0. The number of nitrogens with zero attached hydrogens (tertiary/aromatic N) is 1. The van der Waals surface area contributed by atoms with Crippen molar-refractivity contribution in [1.29, 1.82) is 0 Å². The van der Waals surface area contributed by atoms with Crippen LogP contribution in [0.4, 0.5) is 13.2 Å². The van der Waals surface area contributed by atoms with Crippen molar-refractivity contribution in [3.8, 4) is 5.75 Å². The number of halogens is 4. The molecule has 3 aromatic carbocycles. The topological polar surface area (TPSA) is 79.7 Å². The number of benzene rings is 3. The van der Waals surface area contributed by atoms with E-state index in [1.165, 1.54) is 31.2 Å². The van der Waals surface area contributed by atoms with Crippen molar-refractivity contribution >= 4 is 28.5 Å². The van der Waals surface area contributed by atoms with E-state index in [0.29, 0.717) is 29.5 Å². The number of carboxylic acids is 1. The summed E-state index contributed by atoms with van der Waals surface area (Å²) in [5.74, 6) is -1.95. The molecule has 202 valence electrons. The average molecular weight is 556 g/mol. The second kappa shape index (κ2) is 9.84. The van der Waals surface area contributed by atoms with Gasteiger partial charge in [0.15, 0.2) is 5.60 Å². The number of ether oxygens (including phenoxy) is 1. The number of carbonyl (C=O) groups is 1. The fourth-order valence-electron chi connectivity index (χ4n) is 4.95. The minimum Gasteiger partial charge on any atom is -0.489 e. The third-order valence-electron chi connectivity index (χ3n) is 7.60. The standard InChI is InChI=1S/C30H25ClF3NO4/c1-18(29(38,30(32,33)34)22-14-20-4-2-3-5-26(20)35-16-22)24-11-10-23(15-25(24)31)39-17-19-6-8-21(9-7-19)28(12-13-28)27(36)37/h2-11,14-16,18,38H,12-13,17H2,1H3,(H,36,37)/t18-,29-/m0/s1. The van der Waals surface area contributed by atoms with E-state index in [-0.39, 0.29) is 22.8 Å². The van der Waals surface area contributed by atoms with Crippen molar-refractivity contribution in [2.45, 2.75) is 49.5 Å². The molecule has 1 aliphatic rings. The molecular weight excluding hydrogens is 531 g/mol. The number of pyridine rings is 1. The summed E-state index contributed by atoms with van der Waals surface area (Å²) in [5, 5.41) is 21.1. The molecule has 0 spiro atoms. The maximum atomic E-state index is 14.4. The van der Waals surface area contributed by atoms with Gasteiger partial charge in [0.1, 0.15) is 12.4 Å². The minimum atomic E-state index is -5.01. The molecule has 5 rings (SSSR count). The quantitative estimate of drug-likeness (QED) is 0.242. The van der Waals surface area contributed by atoms with E-state index in [0.717, 1.165) is 17.3 Å². The minimum absolute atomic E-state index is 0.0175. The third kappa shape index (κ3) is 4.83. The molecule has 0 unspecified atom stereocenters. The molecule has 1 saturated carbocycles. The molecule has 0 saturated heterocycles. The number of aromatic nitrogens is 1. The Hall–Kier alpha value is -3.62. The summed E-state index contributed by atoms with van der Waals surface area (Å²) in [4.78, 5) is 15.6. The number of alkyl halides is 3. The zero-order valence-electron chi connectivity index (χ0n) is 20.9. The number of carboxylic acid groups (broad SMARTS) is 1. The molecule has 39 heavy (non-hydrogen) atoms. The van der Waals surface area contributed by atoms with Crippen molar-refractivity contribution in [1.82, 2.24) is 4.98 Å². The first kappa shape index (κ1) is 27.0. The highest BCUT2D eigenvalue weighted by atomic mass is 35.5. The predicted octanol–water partition coefficient (Wildman–Crippen LogP) is 7.14. The van der Waals surface area contributed by atoms with Gasteiger partial charge in [0.05, 0.1) is 10.9 Å². The molecule has 5 nitrogen and oxygen atoms in total. The highest BCUT2D eigenvalue weighted by Crippen LogP contribution is 2.50. The number of hydrogen-bond acceptors (Lipinski definition) is 4. The van der Waals surface area contributed by atoms with E-state index in [1.807, 2.05) is 0 Å². The third-order valence-corrected chi connectivity index (χ3v) is 7.93. The largest absolute Gasteiger partial charge is 0.489 e. The van der Waals surface area contributed by atoms with Gasteiger partial charge in [0.2, 0.25) is 0 Å². The first-order chi connectivity index (χ1) is 18.5. The lowest BCUT2D eigenvalue weighted by molar-refractivity contribution is -0.274. The van der Waals surface area contributed by atoms with E-state index in [4.69, 9.17) is 16.3 Å². The maximum absolute atomic E-state index is 14.4.